The molecule has 0 aliphatic heterocycles. The zero-order chi connectivity index (χ0) is 13.3. The van der Waals surface area contributed by atoms with Gasteiger partial charge in [-0.1, -0.05) is 6.07 Å². The van der Waals surface area contributed by atoms with E-state index in [1.807, 2.05) is 0 Å². The molecule has 18 heavy (non-hydrogen) atoms. The molecule has 0 atom stereocenters. The molecular weight excluding hydrogens is 279 g/mol. The van der Waals surface area contributed by atoms with Crippen LogP contribution in [0.2, 0.25) is 0 Å². The van der Waals surface area contributed by atoms with Crippen molar-refractivity contribution in [2.24, 2.45) is 0 Å². The highest BCUT2D eigenvalue weighted by molar-refractivity contribution is 7.90. The number of aryl methyl sites for hydroxylation is 1. The van der Waals surface area contributed by atoms with Crippen molar-refractivity contribution >= 4 is 32.5 Å². The number of para-hydroxylation sites is 1. The van der Waals surface area contributed by atoms with Crippen LogP contribution in [0.15, 0.2) is 18.2 Å². The van der Waals surface area contributed by atoms with Crippen LogP contribution in [0.3, 0.4) is 0 Å². The summed E-state index contributed by atoms with van der Waals surface area (Å²) in [6, 6.07) is 4.58. The van der Waals surface area contributed by atoms with Crippen LogP contribution in [0, 0.1) is 5.82 Å². The van der Waals surface area contributed by atoms with E-state index in [1.165, 1.54) is 6.07 Å². The molecular formula is C11H12ClFN2O2S. The fourth-order valence-corrected chi connectivity index (χ4v) is 2.49. The minimum atomic E-state index is -3.09. The molecule has 7 heteroatoms. The van der Waals surface area contributed by atoms with Crippen molar-refractivity contribution in [3.05, 3.63) is 29.8 Å². The minimum Gasteiger partial charge on any atom is -0.326 e. The quantitative estimate of drug-likeness (QED) is 0.809. The summed E-state index contributed by atoms with van der Waals surface area (Å²) in [6.45, 7) is 0.223. The van der Waals surface area contributed by atoms with Crippen molar-refractivity contribution in [2.45, 2.75) is 12.4 Å². The lowest BCUT2D eigenvalue weighted by molar-refractivity contribution is 0.594. The van der Waals surface area contributed by atoms with Gasteiger partial charge in [0.05, 0.1) is 17.1 Å². The van der Waals surface area contributed by atoms with E-state index in [2.05, 4.69) is 4.98 Å². The zero-order valence-corrected chi connectivity index (χ0v) is 11.3. The Morgan fingerprint density at radius 3 is 2.78 bits per heavy atom. The fourth-order valence-electron chi connectivity index (χ4n) is 1.77. The van der Waals surface area contributed by atoms with E-state index in [4.69, 9.17) is 11.6 Å². The van der Waals surface area contributed by atoms with E-state index in [1.54, 1.807) is 16.7 Å². The number of imidazole rings is 1. The Morgan fingerprint density at radius 1 is 1.44 bits per heavy atom. The van der Waals surface area contributed by atoms with Crippen molar-refractivity contribution in [3.8, 4) is 0 Å². The number of alkyl halides is 1. The molecule has 0 aliphatic rings. The molecule has 0 unspecified atom stereocenters. The van der Waals surface area contributed by atoms with Gasteiger partial charge in [-0.3, -0.25) is 0 Å². The highest BCUT2D eigenvalue weighted by atomic mass is 35.5. The molecule has 0 N–H and O–H groups in total. The number of rotatable bonds is 4. The summed E-state index contributed by atoms with van der Waals surface area (Å²) in [5, 5.41) is 0. The Bertz CT molecular complexity index is 682. The Morgan fingerprint density at radius 2 is 2.17 bits per heavy atom. The smallest absolute Gasteiger partial charge is 0.151 e. The van der Waals surface area contributed by atoms with E-state index in [9.17, 15) is 12.8 Å². The van der Waals surface area contributed by atoms with Gasteiger partial charge in [-0.15, -0.1) is 11.6 Å². The number of sulfone groups is 1. The van der Waals surface area contributed by atoms with Crippen molar-refractivity contribution in [1.82, 2.24) is 9.55 Å². The zero-order valence-electron chi connectivity index (χ0n) is 9.73. The lowest BCUT2D eigenvalue weighted by atomic mass is 10.3. The predicted octanol–water partition coefficient (Wildman–Crippen LogP) is 1.96. The van der Waals surface area contributed by atoms with Gasteiger partial charge in [0.1, 0.15) is 21.2 Å². The lowest BCUT2D eigenvalue weighted by Gasteiger charge is -2.06. The predicted molar refractivity (Wildman–Crippen MR) is 69.0 cm³/mol. The van der Waals surface area contributed by atoms with Gasteiger partial charge in [0.25, 0.3) is 0 Å². The van der Waals surface area contributed by atoms with E-state index in [0.717, 1.165) is 6.26 Å². The summed E-state index contributed by atoms with van der Waals surface area (Å²) >= 11 is 5.75. The maximum atomic E-state index is 13.6. The van der Waals surface area contributed by atoms with Crippen molar-refractivity contribution in [3.63, 3.8) is 0 Å². The monoisotopic (exact) mass is 290 g/mol. The lowest BCUT2D eigenvalue weighted by Crippen LogP contribution is -2.12. The molecule has 1 aromatic heterocycles. The molecule has 4 nitrogen and oxygen atoms in total. The van der Waals surface area contributed by atoms with Crippen molar-refractivity contribution < 1.29 is 12.8 Å². The van der Waals surface area contributed by atoms with Crippen LogP contribution in [-0.2, 0) is 22.3 Å². The number of hydrogen-bond acceptors (Lipinski definition) is 3. The average Bonchev–Trinajstić information content (AvgIpc) is 2.65. The first-order chi connectivity index (χ1) is 8.42. The fraction of sp³-hybridized carbons (Fsp3) is 0.364. The second-order valence-electron chi connectivity index (χ2n) is 4.05. The van der Waals surface area contributed by atoms with Crippen LogP contribution in [-0.4, -0.2) is 30.0 Å². The largest absolute Gasteiger partial charge is 0.326 e. The topological polar surface area (TPSA) is 52.0 Å². The Hall–Kier alpha value is -1.14. The van der Waals surface area contributed by atoms with Crippen LogP contribution >= 0.6 is 11.6 Å². The normalized spacial score (nSPS) is 12.2. The maximum absolute atomic E-state index is 13.6. The van der Waals surface area contributed by atoms with Crippen molar-refractivity contribution in [2.75, 3.05) is 12.0 Å². The summed E-state index contributed by atoms with van der Waals surface area (Å²) in [7, 11) is -3.09. The summed E-state index contributed by atoms with van der Waals surface area (Å²) in [4.78, 5) is 4.09. The molecule has 2 rings (SSSR count). The standard InChI is InChI=1S/C11H12ClFN2O2S/c1-18(16,17)6-5-15-9-4-2-3-8(13)11(9)14-10(15)7-12/h2-4H,5-7H2,1H3. The number of fused-ring (bicyclic) bond motifs is 1. The molecule has 0 fully saturated rings. The summed E-state index contributed by atoms with van der Waals surface area (Å²) in [6.07, 6.45) is 1.16. The van der Waals surface area contributed by atoms with Gasteiger partial charge in [-0.2, -0.15) is 0 Å². The van der Waals surface area contributed by atoms with E-state index >= 15 is 0 Å². The highest BCUT2D eigenvalue weighted by Crippen LogP contribution is 2.20. The highest BCUT2D eigenvalue weighted by Gasteiger charge is 2.14. The van der Waals surface area contributed by atoms with Gasteiger partial charge in [0, 0.05) is 12.8 Å². The second kappa shape index (κ2) is 4.85. The van der Waals surface area contributed by atoms with Gasteiger partial charge in [0.15, 0.2) is 5.82 Å². The second-order valence-corrected chi connectivity index (χ2v) is 6.58. The summed E-state index contributed by atoms with van der Waals surface area (Å²) in [5.41, 5.74) is 0.788. The molecule has 2 aromatic rings. The molecule has 0 saturated heterocycles. The molecule has 1 aromatic carbocycles. The molecule has 98 valence electrons. The van der Waals surface area contributed by atoms with E-state index in [-0.39, 0.29) is 23.7 Å². The van der Waals surface area contributed by atoms with Crippen LogP contribution < -0.4 is 0 Å². The number of aromatic nitrogens is 2. The van der Waals surface area contributed by atoms with Gasteiger partial charge in [0.2, 0.25) is 0 Å². The third kappa shape index (κ3) is 2.64. The van der Waals surface area contributed by atoms with Crippen LogP contribution in [0.25, 0.3) is 11.0 Å². The Labute approximate surface area is 109 Å². The first-order valence-corrected chi connectivity index (χ1v) is 7.89. The Kier molecular flexibility index (Phi) is 3.59. The van der Waals surface area contributed by atoms with Gasteiger partial charge in [-0.25, -0.2) is 17.8 Å². The van der Waals surface area contributed by atoms with Crippen molar-refractivity contribution in [1.29, 1.82) is 0 Å². The van der Waals surface area contributed by atoms with E-state index in [0.29, 0.717) is 11.3 Å². The molecule has 0 aliphatic carbocycles. The number of nitrogens with zero attached hydrogens (tertiary/aromatic N) is 2. The molecule has 0 bridgehead atoms. The van der Waals surface area contributed by atoms with Crippen LogP contribution in [0.4, 0.5) is 4.39 Å². The van der Waals surface area contributed by atoms with E-state index < -0.39 is 15.7 Å². The first kappa shape index (κ1) is 13.3. The Balaban J connectivity index is 2.51. The molecule has 0 spiro atoms. The minimum absolute atomic E-state index is 0.0289. The SMILES string of the molecule is CS(=O)(=O)CCn1c(CCl)nc2c(F)cccc21. The molecule has 0 saturated carbocycles. The van der Waals surface area contributed by atoms with Crippen LogP contribution in [0.1, 0.15) is 5.82 Å². The summed E-state index contributed by atoms with van der Waals surface area (Å²) < 4.78 is 37.6. The van der Waals surface area contributed by atoms with Gasteiger partial charge in [-0.05, 0) is 12.1 Å². The third-order valence-electron chi connectivity index (χ3n) is 2.61. The number of benzene rings is 1. The number of halogens is 2. The number of hydrogen-bond donors (Lipinski definition) is 0. The molecule has 0 radical (unpaired) electrons. The molecule has 1 heterocycles. The molecule has 0 amide bonds. The maximum Gasteiger partial charge on any atom is 0.151 e. The summed E-state index contributed by atoms with van der Waals surface area (Å²) in [5.74, 6) is 0.119. The first-order valence-electron chi connectivity index (χ1n) is 5.29. The third-order valence-corrected chi connectivity index (χ3v) is 3.78. The van der Waals surface area contributed by atoms with Crippen LogP contribution in [0.5, 0.6) is 0 Å². The van der Waals surface area contributed by atoms with Gasteiger partial charge < -0.3 is 4.57 Å². The van der Waals surface area contributed by atoms with Gasteiger partial charge >= 0.3 is 0 Å². The average molecular weight is 291 g/mol.